The standard InChI is InChI=1S/C15H24N2O3/c1-7-12(4)16-13-10(2)8-17(15(13,5)20-6)14(19)11(3)9-18/h11,18H,2,4,7-9H2,1,3,5-6H3/b16-13+. The highest BCUT2D eigenvalue weighted by atomic mass is 16.5. The number of nitrogens with zero attached hydrogens (tertiary/aromatic N) is 2. The van der Waals surface area contributed by atoms with Gasteiger partial charge in [0.15, 0.2) is 5.72 Å². The molecule has 1 aliphatic rings. The Morgan fingerprint density at radius 2 is 2.25 bits per heavy atom. The molecule has 0 radical (unpaired) electrons. The normalized spacial score (nSPS) is 26.1. The minimum atomic E-state index is -0.963. The predicted octanol–water partition coefficient (Wildman–Crippen LogP) is 1.74. The van der Waals surface area contributed by atoms with Gasteiger partial charge < -0.3 is 14.7 Å². The number of aliphatic imine (C=N–C) groups is 1. The van der Waals surface area contributed by atoms with Crippen LogP contribution in [0.3, 0.4) is 0 Å². The van der Waals surface area contributed by atoms with E-state index >= 15 is 0 Å². The largest absolute Gasteiger partial charge is 0.396 e. The predicted molar refractivity (Wildman–Crippen MR) is 79.4 cm³/mol. The molecule has 0 spiro atoms. The van der Waals surface area contributed by atoms with Crippen molar-refractivity contribution in [2.24, 2.45) is 10.9 Å². The molecule has 0 aromatic heterocycles. The molecule has 0 aromatic carbocycles. The lowest BCUT2D eigenvalue weighted by Crippen LogP contribution is -2.52. The van der Waals surface area contributed by atoms with Gasteiger partial charge in [0.05, 0.1) is 24.8 Å². The van der Waals surface area contributed by atoms with Crippen molar-refractivity contribution in [3.8, 4) is 0 Å². The molecule has 2 unspecified atom stereocenters. The zero-order chi connectivity index (χ0) is 15.5. The summed E-state index contributed by atoms with van der Waals surface area (Å²) < 4.78 is 5.55. The van der Waals surface area contributed by atoms with Crippen molar-refractivity contribution in [3.05, 3.63) is 24.4 Å². The maximum atomic E-state index is 12.4. The highest BCUT2D eigenvalue weighted by Gasteiger charge is 2.48. The fourth-order valence-electron chi connectivity index (χ4n) is 2.13. The summed E-state index contributed by atoms with van der Waals surface area (Å²) in [6.45, 7) is 13.4. The molecule has 112 valence electrons. The number of likely N-dealkylation sites (tertiary alicyclic amines) is 1. The number of hydrogen-bond donors (Lipinski definition) is 1. The molecule has 1 N–H and O–H groups in total. The SMILES string of the molecule is C=C(CC)/N=C1\C(=C)CN(C(=O)C(C)CO)C1(C)OC. The van der Waals surface area contributed by atoms with Crippen LogP contribution in [0.4, 0.5) is 0 Å². The Bertz CT molecular complexity index is 456. The molecule has 1 fully saturated rings. The fraction of sp³-hybridized carbons (Fsp3) is 0.600. The molecule has 1 heterocycles. The van der Waals surface area contributed by atoms with E-state index in [0.29, 0.717) is 18.0 Å². The van der Waals surface area contributed by atoms with Gasteiger partial charge in [-0.2, -0.15) is 0 Å². The Morgan fingerprint density at radius 3 is 2.70 bits per heavy atom. The molecule has 5 heteroatoms. The minimum Gasteiger partial charge on any atom is -0.396 e. The second-order valence-electron chi connectivity index (χ2n) is 5.18. The zero-order valence-electron chi connectivity index (χ0n) is 12.8. The highest BCUT2D eigenvalue weighted by Crippen LogP contribution is 2.32. The third-order valence-electron chi connectivity index (χ3n) is 3.68. The Morgan fingerprint density at radius 1 is 1.65 bits per heavy atom. The van der Waals surface area contributed by atoms with E-state index in [0.717, 1.165) is 12.0 Å². The van der Waals surface area contributed by atoms with Crippen LogP contribution in [0.15, 0.2) is 29.4 Å². The quantitative estimate of drug-likeness (QED) is 0.834. The van der Waals surface area contributed by atoms with Crippen LogP contribution in [0.2, 0.25) is 0 Å². The maximum Gasteiger partial charge on any atom is 0.230 e. The molecule has 1 rings (SSSR count). The summed E-state index contributed by atoms with van der Waals surface area (Å²) in [5, 5.41) is 9.17. The van der Waals surface area contributed by atoms with Gasteiger partial charge in [0.1, 0.15) is 0 Å². The van der Waals surface area contributed by atoms with Crippen molar-refractivity contribution >= 4 is 11.6 Å². The number of rotatable bonds is 5. The van der Waals surface area contributed by atoms with Gasteiger partial charge >= 0.3 is 0 Å². The van der Waals surface area contributed by atoms with E-state index in [4.69, 9.17) is 9.84 Å². The smallest absolute Gasteiger partial charge is 0.230 e. The Balaban J connectivity index is 3.20. The number of carbonyl (C=O) groups is 1. The van der Waals surface area contributed by atoms with Crippen molar-refractivity contribution in [1.29, 1.82) is 0 Å². The summed E-state index contributed by atoms with van der Waals surface area (Å²) >= 11 is 0. The molecule has 0 aliphatic carbocycles. The molecule has 0 bridgehead atoms. The second-order valence-corrected chi connectivity index (χ2v) is 5.18. The van der Waals surface area contributed by atoms with Gasteiger partial charge in [-0.05, 0) is 18.9 Å². The van der Waals surface area contributed by atoms with Crippen molar-refractivity contribution in [2.75, 3.05) is 20.3 Å². The van der Waals surface area contributed by atoms with Crippen LogP contribution in [0.5, 0.6) is 0 Å². The van der Waals surface area contributed by atoms with Crippen LogP contribution in [0.25, 0.3) is 0 Å². The lowest BCUT2D eigenvalue weighted by Gasteiger charge is -2.34. The van der Waals surface area contributed by atoms with E-state index in [1.54, 1.807) is 18.7 Å². The molecule has 1 saturated heterocycles. The van der Waals surface area contributed by atoms with Gasteiger partial charge in [-0.1, -0.05) is 27.0 Å². The topological polar surface area (TPSA) is 62.1 Å². The van der Waals surface area contributed by atoms with Crippen LogP contribution in [0, 0.1) is 5.92 Å². The summed E-state index contributed by atoms with van der Waals surface area (Å²) in [4.78, 5) is 18.4. The van der Waals surface area contributed by atoms with Gasteiger partial charge in [-0.3, -0.25) is 9.79 Å². The molecule has 20 heavy (non-hydrogen) atoms. The Kier molecular flexibility index (Phi) is 5.25. The van der Waals surface area contributed by atoms with Crippen molar-refractivity contribution in [2.45, 2.75) is 32.9 Å². The molecule has 5 nitrogen and oxygen atoms in total. The lowest BCUT2D eigenvalue weighted by atomic mass is 10.1. The van der Waals surface area contributed by atoms with E-state index in [1.165, 1.54) is 7.11 Å². The molecule has 1 amide bonds. The maximum absolute atomic E-state index is 12.4. The Labute approximate surface area is 120 Å². The fourth-order valence-corrected chi connectivity index (χ4v) is 2.13. The summed E-state index contributed by atoms with van der Waals surface area (Å²) in [5.74, 6) is -0.656. The van der Waals surface area contributed by atoms with Crippen molar-refractivity contribution in [1.82, 2.24) is 4.90 Å². The number of allylic oxidation sites excluding steroid dienone is 1. The highest BCUT2D eigenvalue weighted by molar-refractivity contribution is 6.11. The third-order valence-corrected chi connectivity index (χ3v) is 3.68. The average Bonchev–Trinajstić information content (AvgIpc) is 2.70. The third kappa shape index (κ3) is 2.83. The van der Waals surface area contributed by atoms with Gasteiger partial charge in [0.2, 0.25) is 5.91 Å². The van der Waals surface area contributed by atoms with Gasteiger partial charge in [0.25, 0.3) is 0 Å². The summed E-state index contributed by atoms with van der Waals surface area (Å²) in [6, 6.07) is 0. The first-order chi connectivity index (χ1) is 9.31. The summed E-state index contributed by atoms with van der Waals surface area (Å²) in [5.41, 5.74) is 1.12. The summed E-state index contributed by atoms with van der Waals surface area (Å²) in [6.07, 6.45) is 0.720. The zero-order valence-corrected chi connectivity index (χ0v) is 12.8. The number of aliphatic hydroxyl groups excluding tert-OH is 1. The van der Waals surface area contributed by atoms with E-state index < -0.39 is 11.6 Å². The van der Waals surface area contributed by atoms with Crippen LogP contribution >= 0.6 is 0 Å². The first-order valence-electron chi connectivity index (χ1n) is 6.74. The lowest BCUT2D eigenvalue weighted by molar-refractivity contribution is -0.151. The second kappa shape index (κ2) is 6.33. The molecular formula is C15H24N2O3. The molecule has 0 aromatic rings. The van der Waals surface area contributed by atoms with Gasteiger partial charge in [-0.15, -0.1) is 0 Å². The van der Waals surface area contributed by atoms with Crippen LogP contribution < -0.4 is 0 Å². The van der Waals surface area contributed by atoms with E-state index in [1.807, 2.05) is 6.92 Å². The van der Waals surface area contributed by atoms with Crippen molar-refractivity contribution < 1.29 is 14.6 Å². The first-order valence-corrected chi connectivity index (χ1v) is 6.74. The van der Waals surface area contributed by atoms with Crippen LogP contribution in [-0.4, -0.2) is 47.6 Å². The van der Waals surface area contributed by atoms with Crippen LogP contribution in [-0.2, 0) is 9.53 Å². The number of aliphatic hydroxyl groups is 1. The van der Waals surface area contributed by atoms with E-state index in [9.17, 15) is 4.79 Å². The molecule has 0 saturated carbocycles. The number of ether oxygens (including phenoxy) is 1. The van der Waals surface area contributed by atoms with Crippen LogP contribution in [0.1, 0.15) is 27.2 Å². The number of methoxy groups -OCH3 is 1. The monoisotopic (exact) mass is 280 g/mol. The van der Waals surface area contributed by atoms with Gasteiger partial charge in [-0.25, -0.2) is 0 Å². The average molecular weight is 280 g/mol. The Hall–Kier alpha value is -1.46. The molecule has 2 atom stereocenters. The first kappa shape index (κ1) is 16.6. The molecular weight excluding hydrogens is 256 g/mol. The van der Waals surface area contributed by atoms with E-state index in [2.05, 4.69) is 18.2 Å². The van der Waals surface area contributed by atoms with Gasteiger partial charge in [0, 0.05) is 12.8 Å². The number of hydrogen-bond acceptors (Lipinski definition) is 4. The summed E-state index contributed by atoms with van der Waals surface area (Å²) in [7, 11) is 1.53. The van der Waals surface area contributed by atoms with Crippen molar-refractivity contribution in [3.63, 3.8) is 0 Å². The minimum absolute atomic E-state index is 0.176. The number of amides is 1. The van der Waals surface area contributed by atoms with E-state index in [-0.39, 0.29) is 12.5 Å². The number of carbonyl (C=O) groups excluding carboxylic acids is 1. The molecule has 1 aliphatic heterocycles.